The van der Waals surface area contributed by atoms with Crippen molar-refractivity contribution in [3.63, 3.8) is 0 Å². The maximum absolute atomic E-state index is 11.4. The van der Waals surface area contributed by atoms with Crippen molar-refractivity contribution >= 4 is 32.4 Å². The van der Waals surface area contributed by atoms with E-state index in [2.05, 4.69) is 52.8 Å². The van der Waals surface area contributed by atoms with Crippen LogP contribution in [0.1, 0.15) is 19.8 Å². The molecule has 0 aromatic carbocycles. The standard InChI is InChI=1S/C13H30O4Si3/c1-9-11-13(16-19(3,4)5,17-20(6,7)8)18-15-12(14)10-2/h10H,2,9,11,18H2,1,3-8H3. The number of rotatable bonds is 9. The first-order chi connectivity index (χ1) is 8.93. The van der Waals surface area contributed by atoms with Gasteiger partial charge in [0.2, 0.25) is 0 Å². The lowest BCUT2D eigenvalue weighted by Crippen LogP contribution is -2.55. The number of hydrogen-bond donors (Lipinski definition) is 0. The molecule has 0 rings (SSSR count). The van der Waals surface area contributed by atoms with Gasteiger partial charge in [-0.15, -0.1) is 0 Å². The van der Waals surface area contributed by atoms with Gasteiger partial charge in [-0.3, -0.25) is 0 Å². The molecule has 0 amide bonds. The molecule has 0 aliphatic heterocycles. The fraction of sp³-hybridized carbons (Fsp3) is 0.769. The summed E-state index contributed by atoms with van der Waals surface area (Å²) in [5.41, 5.74) is -0.678. The van der Waals surface area contributed by atoms with Crippen LogP contribution in [0.25, 0.3) is 0 Å². The van der Waals surface area contributed by atoms with Gasteiger partial charge in [-0.25, -0.2) is 4.79 Å². The molecule has 0 aromatic heterocycles. The smallest absolute Gasteiger partial charge is 0.316 e. The van der Waals surface area contributed by atoms with Crippen LogP contribution >= 0.6 is 0 Å². The van der Waals surface area contributed by atoms with E-state index in [1.165, 1.54) is 6.08 Å². The fourth-order valence-electron chi connectivity index (χ4n) is 1.99. The summed E-state index contributed by atoms with van der Waals surface area (Å²) in [6.45, 7) is 18.3. The van der Waals surface area contributed by atoms with Gasteiger partial charge < -0.3 is 13.3 Å². The molecule has 0 bridgehead atoms. The van der Waals surface area contributed by atoms with Crippen LogP contribution in [0.3, 0.4) is 0 Å². The molecule has 0 fully saturated rings. The molecule has 0 atom stereocenters. The summed E-state index contributed by atoms with van der Waals surface area (Å²) >= 11 is 0. The summed E-state index contributed by atoms with van der Waals surface area (Å²) in [6, 6.07) is 0. The van der Waals surface area contributed by atoms with Gasteiger partial charge in [0.05, 0.1) is 0 Å². The molecule has 0 aromatic rings. The highest BCUT2D eigenvalue weighted by molar-refractivity contribution is 6.72. The first-order valence-corrected chi connectivity index (χ1v) is 15.2. The van der Waals surface area contributed by atoms with Crippen molar-refractivity contribution in [2.75, 3.05) is 0 Å². The van der Waals surface area contributed by atoms with E-state index in [1.807, 2.05) is 0 Å². The maximum Gasteiger partial charge on any atom is 0.316 e. The summed E-state index contributed by atoms with van der Waals surface area (Å²) < 4.78 is 18.1. The molecule has 0 aliphatic carbocycles. The van der Waals surface area contributed by atoms with Crippen LogP contribution in [0.2, 0.25) is 39.3 Å². The zero-order chi connectivity index (χ0) is 16.0. The van der Waals surface area contributed by atoms with E-state index in [-0.39, 0.29) is 5.97 Å². The van der Waals surface area contributed by atoms with Crippen molar-refractivity contribution in [2.24, 2.45) is 0 Å². The highest BCUT2D eigenvalue weighted by atomic mass is 28.4. The number of hydrogen-bond acceptors (Lipinski definition) is 4. The molecule has 0 N–H and O–H groups in total. The van der Waals surface area contributed by atoms with Crippen LogP contribution in [-0.2, 0) is 18.1 Å². The molecule has 0 unspecified atom stereocenters. The van der Waals surface area contributed by atoms with Gasteiger partial charge >= 0.3 is 5.97 Å². The van der Waals surface area contributed by atoms with E-state index in [4.69, 9.17) is 13.3 Å². The van der Waals surface area contributed by atoms with Crippen LogP contribution in [0.15, 0.2) is 12.7 Å². The molecule has 0 heterocycles. The lowest BCUT2D eigenvalue weighted by Gasteiger charge is -2.42. The summed E-state index contributed by atoms with van der Waals surface area (Å²) in [6.07, 6.45) is 2.92. The van der Waals surface area contributed by atoms with Crippen LogP contribution in [-0.4, -0.2) is 37.8 Å². The zero-order valence-corrected chi connectivity index (χ0v) is 17.5. The molecule has 0 aliphatic rings. The minimum absolute atomic E-state index is 0.379. The van der Waals surface area contributed by atoms with Crippen molar-refractivity contribution in [3.8, 4) is 0 Å². The van der Waals surface area contributed by atoms with Crippen molar-refractivity contribution in [3.05, 3.63) is 12.7 Å². The lowest BCUT2D eigenvalue weighted by molar-refractivity contribution is -0.132. The average Bonchev–Trinajstić information content (AvgIpc) is 2.21. The van der Waals surface area contributed by atoms with Crippen LogP contribution in [0.4, 0.5) is 0 Å². The summed E-state index contributed by atoms with van der Waals surface area (Å²) in [7, 11) is -4.90. The Labute approximate surface area is 128 Å². The third-order valence-electron chi connectivity index (χ3n) is 2.22. The van der Waals surface area contributed by atoms with Gasteiger partial charge in [0.25, 0.3) is 9.76 Å². The van der Waals surface area contributed by atoms with E-state index in [0.717, 1.165) is 12.8 Å². The topological polar surface area (TPSA) is 44.8 Å². The zero-order valence-electron chi connectivity index (χ0n) is 14.0. The Bertz CT molecular complexity index is 315. The van der Waals surface area contributed by atoms with E-state index < -0.39 is 31.8 Å². The largest absolute Gasteiger partial charge is 0.516 e. The summed E-state index contributed by atoms with van der Waals surface area (Å²) in [5, 5.41) is 0. The van der Waals surface area contributed by atoms with E-state index >= 15 is 0 Å². The number of carbonyl (C=O) groups is 1. The fourth-order valence-corrected chi connectivity index (χ4v) is 8.64. The highest BCUT2D eigenvalue weighted by Gasteiger charge is 2.41. The minimum atomic E-state index is -1.80. The Morgan fingerprint density at radius 2 is 1.60 bits per heavy atom. The molecular formula is C13H30O4Si3. The van der Waals surface area contributed by atoms with Crippen LogP contribution in [0.5, 0.6) is 0 Å². The molecule has 0 spiro atoms. The number of carbonyl (C=O) groups excluding carboxylic acids is 1. The third kappa shape index (κ3) is 8.85. The second-order valence-electron chi connectivity index (χ2n) is 6.90. The van der Waals surface area contributed by atoms with Crippen molar-refractivity contribution in [1.82, 2.24) is 0 Å². The lowest BCUT2D eigenvalue weighted by atomic mass is 10.3. The van der Waals surface area contributed by atoms with E-state index in [1.54, 1.807) is 0 Å². The Balaban J connectivity index is 5.20. The first-order valence-electron chi connectivity index (χ1n) is 7.12. The molecule has 20 heavy (non-hydrogen) atoms. The van der Waals surface area contributed by atoms with Gasteiger partial charge in [0, 0.05) is 6.08 Å². The molecule has 0 saturated carbocycles. The van der Waals surface area contributed by atoms with Gasteiger partial charge in [0.15, 0.2) is 22.0 Å². The minimum Gasteiger partial charge on any atom is -0.516 e. The molecule has 7 heteroatoms. The molecule has 118 valence electrons. The van der Waals surface area contributed by atoms with Crippen LogP contribution < -0.4 is 0 Å². The van der Waals surface area contributed by atoms with Crippen molar-refractivity contribution in [1.29, 1.82) is 0 Å². The summed E-state index contributed by atoms with van der Waals surface area (Å²) in [5.74, 6) is -0.379. The monoisotopic (exact) mass is 334 g/mol. The van der Waals surface area contributed by atoms with Gasteiger partial charge in [-0.2, -0.15) is 0 Å². The third-order valence-corrected chi connectivity index (χ3v) is 6.27. The van der Waals surface area contributed by atoms with E-state index in [9.17, 15) is 4.79 Å². The Morgan fingerprint density at radius 3 is 1.90 bits per heavy atom. The average molecular weight is 335 g/mol. The molecule has 0 saturated heterocycles. The summed E-state index contributed by atoms with van der Waals surface area (Å²) in [4.78, 5) is 11.4. The Morgan fingerprint density at radius 1 is 1.15 bits per heavy atom. The van der Waals surface area contributed by atoms with Crippen molar-refractivity contribution < 1.29 is 18.1 Å². The van der Waals surface area contributed by atoms with Crippen LogP contribution in [0, 0.1) is 0 Å². The molecule has 4 nitrogen and oxygen atoms in total. The quantitative estimate of drug-likeness (QED) is 0.369. The van der Waals surface area contributed by atoms with Gasteiger partial charge in [-0.05, 0) is 45.7 Å². The molecule has 0 radical (unpaired) electrons. The SMILES string of the molecule is C=CC(=O)O[SiH2]C(CCC)(O[Si](C)(C)C)O[Si](C)(C)C. The Kier molecular flexibility index (Phi) is 7.61. The van der Waals surface area contributed by atoms with Gasteiger partial charge in [-0.1, -0.05) is 19.9 Å². The van der Waals surface area contributed by atoms with Gasteiger partial charge in [0.1, 0.15) is 0 Å². The van der Waals surface area contributed by atoms with E-state index in [0.29, 0.717) is 0 Å². The second-order valence-corrected chi connectivity index (χ2v) is 17.4. The maximum atomic E-state index is 11.4. The normalized spacial score (nSPS) is 13.8. The predicted octanol–water partition coefficient (Wildman–Crippen LogP) is 2.96. The first kappa shape index (κ1) is 19.8. The second kappa shape index (κ2) is 7.69. The van der Waals surface area contributed by atoms with Crippen molar-refractivity contribution in [2.45, 2.75) is 64.5 Å². The molecular weight excluding hydrogens is 304 g/mol. The predicted molar refractivity (Wildman–Crippen MR) is 91.3 cm³/mol. The highest BCUT2D eigenvalue weighted by Crippen LogP contribution is 2.28. The Hall–Kier alpha value is -0.219.